The van der Waals surface area contributed by atoms with Crippen molar-refractivity contribution in [1.29, 1.82) is 0 Å². The summed E-state index contributed by atoms with van der Waals surface area (Å²) in [4.78, 5) is 12.0. The van der Waals surface area contributed by atoms with Crippen LogP contribution in [-0.4, -0.2) is 17.0 Å². The van der Waals surface area contributed by atoms with Crippen molar-refractivity contribution in [3.8, 4) is 0 Å². The summed E-state index contributed by atoms with van der Waals surface area (Å²) in [6, 6.07) is 0. The molecule has 6 atom stereocenters. The summed E-state index contributed by atoms with van der Waals surface area (Å²) in [5.41, 5.74) is 1.52. The van der Waals surface area contributed by atoms with Crippen LogP contribution in [-0.2, 0) is 4.79 Å². The van der Waals surface area contributed by atoms with Gasteiger partial charge >= 0.3 is 0 Å². The van der Waals surface area contributed by atoms with Gasteiger partial charge in [-0.3, -0.25) is 4.79 Å². The summed E-state index contributed by atoms with van der Waals surface area (Å²) in [7, 11) is 0. The number of rotatable bonds is 0. The van der Waals surface area contributed by atoms with Crippen molar-refractivity contribution in [2.75, 3.05) is 0 Å². The molecule has 0 saturated heterocycles. The van der Waals surface area contributed by atoms with Crippen LogP contribution in [0.2, 0.25) is 0 Å². The molecule has 0 aromatic rings. The molecular formula is C19H27ClO2. The van der Waals surface area contributed by atoms with Crippen LogP contribution in [0.4, 0.5) is 0 Å². The Hall–Kier alpha value is -0.340. The van der Waals surface area contributed by atoms with Crippen molar-refractivity contribution >= 4 is 17.4 Å². The van der Waals surface area contributed by atoms with E-state index in [-0.39, 0.29) is 22.7 Å². The molecule has 0 aromatic heterocycles. The van der Waals surface area contributed by atoms with Gasteiger partial charge in [0.25, 0.3) is 0 Å². The number of carbonyl (C=O) groups excluding carboxylic acids is 1. The van der Waals surface area contributed by atoms with Crippen molar-refractivity contribution in [2.45, 2.75) is 71.3 Å². The van der Waals surface area contributed by atoms with Crippen LogP contribution in [0.25, 0.3) is 0 Å². The lowest BCUT2D eigenvalue weighted by molar-refractivity contribution is -0.118. The van der Waals surface area contributed by atoms with Crippen LogP contribution in [0, 0.1) is 28.6 Å². The van der Waals surface area contributed by atoms with Crippen LogP contribution < -0.4 is 0 Å². The van der Waals surface area contributed by atoms with E-state index in [9.17, 15) is 9.90 Å². The Balaban J connectivity index is 1.72. The Kier molecular flexibility index (Phi) is 3.34. The van der Waals surface area contributed by atoms with Crippen LogP contribution in [0.15, 0.2) is 10.6 Å². The molecule has 2 nitrogen and oxygen atoms in total. The molecular weight excluding hydrogens is 296 g/mol. The van der Waals surface area contributed by atoms with Crippen molar-refractivity contribution in [3.05, 3.63) is 10.6 Å². The highest BCUT2D eigenvalue weighted by molar-refractivity contribution is 6.43. The average Bonchev–Trinajstić information content (AvgIpc) is 2.79. The lowest BCUT2D eigenvalue weighted by Gasteiger charge is -2.57. The highest BCUT2D eigenvalue weighted by Crippen LogP contribution is 2.65. The number of hydrogen-bond acceptors (Lipinski definition) is 2. The molecule has 4 rings (SSSR count). The maximum Gasteiger partial charge on any atom is 0.174 e. The van der Waals surface area contributed by atoms with Gasteiger partial charge in [0.1, 0.15) is 0 Å². The highest BCUT2D eigenvalue weighted by atomic mass is 35.5. The third-order valence-electron chi connectivity index (χ3n) is 8.00. The van der Waals surface area contributed by atoms with Crippen LogP contribution >= 0.6 is 11.6 Å². The molecule has 4 aliphatic rings. The molecule has 0 unspecified atom stereocenters. The van der Waals surface area contributed by atoms with Gasteiger partial charge in [0, 0.05) is 6.42 Å². The predicted octanol–water partition coefficient (Wildman–Crippen LogP) is 4.45. The summed E-state index contributed by atoms with van der Waals surface area (Å²) < 4.78 is 0. The minimum atomic E-state index is -0.111. The third kappa shape index (κ3) is 1.80. The molecule has 0 amide bonds. The van der Waals surface area contributed by atoms with E-state index in [1.165, 1.54) is 18.4 Å². The normalized spacial score (nSPS) is 51.4. The lowest BCUT2D eigenvalue weighted by atomic mass is 9.47. The second-order valence-corrected chi connectivity index (χ2v) is 9.06. The van der Waals surface area contributed by atoms with E-state index >= 15 is 0 Å². The number of hydrogen-bond donors (Lipinski definition) is 1. The highest BCUT2D eigenvalue weighted by Gasteiger charge is 2.59. The molecule has 22 heavy (non-hydrogen) atoms. The first kappa shape index (κ1) is 15.2. The zero-order valence-electron chi connectivity index (χ0n) is 13.7. The summed E-state index contributed by atoms with van der Waals surface area (Å²) in [5, 5.41) is 11.0. The Morgan fingerprint density at radius 3 is 2.59 bits per heavy atom. The van der Waals surface area contributed by atoms with Gasteiger partial charge in [-0.15, -0.1) is 0 Å². The molecule has 0 spiro atoms. The molecule has 3 saturated carbocycles. The van der Waals surface area contributed by atoms with Crippen molar-refractivity contribution in [2.24, 2.45) is 28.6 Å². The topological polar surface area (TPSA) is 37.3 Å². The molecule has 0 radical (unpaired) electrons. The largest absolute Gasteiger partial charge is 0.393 e. The van der Waals surface area contributed by atoms with E-state index in [2.05, 4.69) is 13.8 Å². The number of Topliss-reactive ketones (excluding diaryl/α,β-unsaturated/α-hetero) is 1. The second-order valence-electron chi connectivity index (χ2n) is 8.69. The summed E-state index contributed by atoms with van der Waals surface area (Å²) in [5.74, 6) is 2.18. The SMILES string of the molecule is C[C@]12CC[C@@H]3[C@H](CCC4=C(Cl)C(=O)CC[C@@]43C)[C@@H]1CC[C@@H]2O. The Morgan fingerprint density at radius 1 is 1.05 bits per heavy atom. The predicted molar refractivity (Wildman–Crippen MR) is 87.5 cm³/mol. The maximum atomic E-state index is 12.0. The zero-order valence-corrected chi connectivity index (χ0v) is 14.5. The van der Waals surface area contributed by atoms with Crippen LogP contribution in [0.3, 0.4) is 0 Å². The first-order valence-corrected chi connectivity index (χ1v) is 9.36. The van der Waals surface area contributed by atoms with E-state index in [4.69, 9.17) is 11.6 Å². The minimum absolute atomic E-state index is 0.111. The number of allylic oxidation sites excluding steroid dienone is 1. The van der Waals surface area contributed by atoms with Gasteiger partial charge in [-0.05, 0) is 79.1 Å². The zero-order chi connectivity index (χ0) is 15.7. The molecule has 0 aromatic carbocycles. The van der Waals surface area contributed by atoms with Crippen LogP contribution in [0.5, 0.6) is 0 Å². The smallest absolute Gasteiger partial charge is 0.174 e. The minimum Gasteiger partial charge on any atom is -0.393 e. The molecule has 1 N–H and O–H groups in total. The van der Waals surface area contributed by atoms with Gasteiger partial charge in [-0.25, -0.2) is 0 Å². The summed E-state index contributed by atoms with van der Waals surface area (Å²) in [6.07, 6.45) is 8.11. The van der Waals surface area contributed by atoms with Gasteiger partial charge < -0.3 is 5.11 Å². The second kappa shape index (κ2) is 4.83. The molecule has 0 heterocycles. The fraction of sp³-hybridized carbons (Fsp3) is 0.842. The van der Waals surface area contributed by atoms with Gasteiger partial charge in [0.05, 0.1) is 11.1 Å². The molecule has 0 aliphatic heterocycles. The number of ketones is 1. The number of aliphatic hydroxyl groups is 1. The van der Waals surface area contributed by atoms with Crippen LogP contribution in [0.1, 0.15) is 65.2 Å². The van der Waals surface area contributed by atoms with Crippen molar-refractivity contribution in [1.82, 2.24) is 0 Å². The fourth-order valence-electron chi connectivity index (χ4n) is 6.62. The monoisotopic (exact) mass is 322 g/mol. The quantitative estimate of drug-likeness (QED) is 0.715. The van der Waals surface area contributed by atoms with E-state index in [1.54, 1.807) is 0 Å². The van der Waals surface area contributed by atoms with Gasteiger partial charge in [-0.1, -0.05) is 25.4 Å². The molecule has 3 heteroatoms. The van der Waals surface area contributed by atoms with Gasteiger partial charge in [0.15, 0.2) is 5.78 Å². The molecule has 4 aliphatic carbocycles. The van der Waals surface area contributed by atoms with E-state index < -0.39 is 0 Å². The van der Waals surface area contributed by atoms with Gasteiger partial charge in [-0.2, -0.15) is 0 Å². The summed E-state index contributed by atoms with van der Waals surface area (Å²) >= 11 is 6.41. The first-order valence-electron chi connectivity index (χ1n) is 8.98. The third-order valence-corrected chi connectivity index (χ3v) is 8.44. The Morgan fingerprint density at radius 2 is 1.82 bits per heavy atom. The van der Waals surface area contributed by atoms with E-state index in [0.29, 0.717) is 29.2 Å². The van der Waals surface area contributed by atoms with Gasteiger partial charge in [0.2, 0.25) is 0 Å². The van der Waals surface area contributed by atoms with E-state index in [0.717, 1.165) is 32.1 Å². The van der Waals surface area contributed by atoms with E-state index in [1.807, 2.05) is 0 Å². The number of carbonyl (C=O) groups is 1. The number of aliphatic hydroxyl groups excluding tert-OH is 1. The van der Waals surface area contributed by atoms with Crippen molar-refractivity contribution in [3.63, 3.8) is 0 Å². The fourth-order valence-corrected chi connectivity index (χ4v) is 7.03. The number of fused-ring (bicyclic) bond motifs is 5. The maximum absolute atomic E-state index is 12.0. The van der Waals surface area contributed by atoms with Crippen molar-refractivity contribution < 1.29 is 9.90 Å². The number of halogens is 1. The Bertz CT molecular complexity index is 554. The standard InChI is InChI=1S/C19H27ClO2/c1-18-10-8-15(21)17(20)14(18)4-3-11-12-5-6-16(22)19(12,2)9-7-13(11)18/h11-13,16,22H,3-10H2,1-2H3/t11-,12+,13-,16+,18-,19+/m1/s1. The summed E-state index contributed by atoms with van der Waals surface area (Å²) in [6.45, 7) is 4.68. The average molecular weight is 323 g/mol. The Labute approximate surface area is 138 Å². The lowest BCUT2D eigenvalue weighted by Crippen LogP contribution is -2.51. The first-order chi connectivity index (χ1) is 10.4. The molecule has 0 bridgehead atoms. The molecule has 122 valence electrons. The molecule has 3 fully saturated rings.